The summed E-state index contributed by atoms with van der Waals surface area (Å²) in [5.74, 6) is 1.49. The Kier molecular flexibility index (Phi) is 9.38. The van der Waals surface area contributed by atoms with E-state index in [1.54, 1.807) is 26.4 Å². The second kappa shape index (κ2) is 11.8. The Morgan fingerprint density at radius 2 is 1.52 bits per heavy atom. The first kappa shape index (κ1) is 23.1. The van der Waals surface area contributed by atoms with Gasteiger partial charge in [-0.2, -0.15) is 0 Å². The SMILES string of the molecule is COc1ccc(CN(Cc2ccc(F)cc2)C[C@@H](O)COCC(C)C)cc1OC. The number of hydrogen-bond donors (Lipinski definition) is 1. The maximum Gasteiger partial charge on any atom is 0.161 e. The van der Waals surface area contributed by atoms with Gasteiger partial charge in [0.25, 0.3) is 0 Å². The van der Waals surface area contributed by atoms with Gasteiger partial charge in [-0.3, -0.25) is 4.90 Å². The maximum atomic E-state index is 13.2. The lowest BCUT2D eigenvalue weighted by molar-refractivity contribution is 0.00553. The zero-order chi connectivity index (χ0) is 21.2. The number of benzene rings is 2. The minimum atomic E-state index is -0.616. The number of methoxy groups -OCH3 is 2. The van der Waals surface area contributed by atoms with Gasteiger partial charge in [0.05, 0.1) is 26.9 Å². The van der Waals surface area contributed by atoms with E-state index in [9.17, 15) is 9.50 Å². The van der Waals surface area contributed by atoms with E-state index < -0.39 is 6.10 Å². The van der Waals surface area contributed by atoms with Crippen molar-refractivity contribution in [3.8, 4) is 11.5 Å². The van der Waals surface area contributed by atoms with Crippen molar-refractivity contribution >= 4 is 0 Å². The molecule has 2 aromatic rings. The Morgan fingerprint density at radius 3 is 2.14 bits per heavy atom. The molecule has 29 heavy (non-hydrogen) atoms. The highest BCUT2D eigenvalue weighted by atomic mass is 19.1. The second-order valence-electron chi connectivity index (χ2n) is 7.57. The molecule has 0 bridgehead atoms. The van der Waals surface area contributed by atoms with Crippen LogP contribution in [0.15, 0.2) is 42.5 Å². The van der Waals surface area contributed by atoms with Gasteiger partial charge in [-0.15, -0.1) is 0 Å². The van der Waals surface area contributed by atoms with E-state index in [2.05, 4.69) is 18.7 Å². The smallest absolute Gasteiger partial charge is 0.161 e. The molecule has 0 aliphatic carbocycles. The lowest BCUT2D eigenvalue weighted by Gasteiger charge is -2.26. The first-order valence-corrected chi connectivity index (χ1v) is 9.84. The van der Waals surface area contributed by atoms with E-state index in [0.29, 0.717) is 43.7 Å². The van der Waals surface area contributed by atoms with Crippen molar-refractivity contribution in [2.75, 3.05) is 34.0 Å². The molecule has 2 rings (SSSR count). The third-order valence-corrected chi connectivity index (χ3v) is 4.40. The van der Waals surface area contributed by atoms with E-state index in [1.807, 2.05) is 18.2 Å². The predicted molar refractivity (Wildman–Crippen MR) is 112 cm³/mol. The third kappa shape index (κ3) is 8.01. The van der Waals surface area contributed by atoms with Crippen LogP contribution in [0.5, 0.6) is 11.5 Å². The number of halogens is 1. The Morgan fingerprint density at radius 1 is 0.897 bits per heavy atom. The molecule has 5 nitrogen and oxygen atoms in total. The summed E-state index contributed by atoms with van der Waals surface area (Å²) in [7, 11) is 3.21. The van der Waals surface area contributed by atoms with Gasteiger partial charge in [0.15, 0.2) is 11.5 Å². The number of aliphatic hydroxyl groups is 1. The Labute approximate surface area is 173 Å². The van der Waals surface area contributed by atoms with Crippen molar-refractivity contribution < 1.29 is 23.7 Å². The van der Waals surface area contributed by atoms with Gasteiger partial charge < -0.3 is 19.3 Å². The summed E-state index contributed by atoms with van der Waals surface area (Å²) in [6.07, 6.45) is -0.616. The molecule has 0 fully saturated rings. The summed E-state index contributed by atoms with van der Waals surface area (Å²) in [5, 5.41) is 10.4. The number of hydrogen-bond acceptors (Lipinski definition) is 5. The van der Waals surface area contributed by atoms with Crippen LogP contribution in [0.3, 0.4) is 0 Å². The van der Waals surface area contributed by atoms with Gasteiger partial charge in [0, 0.05) is 26.2 Å². The monoisotopic (exact) mass is 405 g/mol. The maximum absolute atomic E-state index is 13.2. The average Bonchev–Trinajstić information content (AvgIpc) is 2.69. The van der Waals surface area contributed by atoms with Gasteiger partial charge in [0.2, 0.25) is 0 Å². The number of nitrogens with zero attached hydrogens (tertiary/aromatic N) is 1. The highest BCUT2D eigenvalue weighted by Gasteiger charge is 2.15. The molecule has 0 radical (unpaired) electrons. The van der Waals surface area contributed by atoms with Crippen molar-refractivity contribution in [2.45, 2.75) is 33.0 Å². The molecule has 0 saturated heterocycles. The highest BCUT2D eigenvalue weighted by Crippen LogP contribution is 2.28. The standard InChI is InChI=1S/C23H32FNO4/c1-17(2)15-29-16-21(26)14-25(12-18-5-8-20(24)9-6-18)13-19-7-10-22(27-3)23(11-19)28-4/h5-11,17,21,26H,12-16H2,1-4H3/t21-/m1/s1. The van der Waals surface area contributed by atoms with Gasteiger partial charge in [-0.1, -0.05) is 32.0 Å². The second-order valence-corrected chi connectivity index (χ2v) is 7.57. The minimum Gasteiger partial charge on any atom is -0.493 e. The van der Waals surface area contributed by atoms with E-state index in [0.717, 1.165) is 11.1 Å². The van der Waals surface area contributed by atoms with E-state index >= 15 is 0 Å². The molecule has 0 aliphatic rings. The van der Waals surface area contributed by atoms with Gasteiger partial charge in [0.1, 0.15) is 5.82 Å². The number of rotatable bonds is 12. The van der Waals surface area contributed by atoms with Crippen LogP contribution in [-0.4, -0.2) is 50.1 Å². The predicted octanol–water partition coefficient (Wildman–Crippen LogP) is 3.88. The fourth-order valence-electron chi connectivity index (χ4n) is 3.06. The molecule has 0 aromatic heterocycles. The van der Waals surface area contributed by atoms with Gasteiger partial charge in [-0.25, -0.2) is 4.39 Å². The molecule has 1 N–H and O–H groups in total. The molecule has 0 saturated carbocycles. The molecular formula is C23H32FNO4. The molecule has 0 heterocycles. The summed E-state index contributed by atoms with van der Waals surface area (Å²) in [5.41, 5.74) is 2.00. The number of aliphatic hydroxyl groups excluding tert-OH is 1. The summed E-state index contributed by atoms with van der Waals surface area (Å²) in [6, 6.07) is 12.2. The quantitative estimate of drug-likeness (QED) is 0.581. The minimum absolute atomic E-state index is 0.262. The van der Waals surface area contributed by atoms with E-state index in [4.69, 9.17) is 14.2 Å². The molecule has 0 aliphatic heterocycles. The Balaban J connectivity index is 2.09. The lowest BCUT2D eigenvalue weighted by Crippen LogP contribution is -2.34. The van der Waals surface area contributed by atoms with Crippen LogP contribution in [0.4, 0.5) is 4.39 Å². The van der Waals surface area contributed by atoms with Crippen LogP contribution in [-0.2, 0) is 17.8 Å². The molecular weight excluding hydrogens is 373 g/mol. The van der Waals surface area contributed by atoms with Crippen molar-refractivity contribution in [1.29, 1.82) is 0 Å². The molecule has 2 aromatic carbocycles. The lowest BCUT2D eigenvalue weighted by atomic mass is 10.1. The highest BCUT2D eigenvalue weighted by molar-refractivity contribution is 5.42. The van der Waals surface area contributed by atoms with Crippen LogP contribution in [0.25, 0.3) is 0 Å². The van der Waals surface area contributed by atoms with E-state index in [-0.39, 0.29) is 12.4 Å². The fourth-order valence-corrected chi connectivity index (χ4v) is 3.06. The van der Waals surface area contributed by atoms with Crippen molar-refractivity contribution in [3.05, 3.63) is 59.4 Å². The largest absolute Gasteiger partial charge is 0.493 e. The summed E-state index contributed by atoms with van der Waals surface area (Å²) in [6.45, 7) is 6.65. The zero-order valence-corrected chi connectivity index (χ0v) is 17.7. The van der Waals surface area contributed by atoms with E-state index in [1.165, 1.54) is 12.1 Å². The first-order chi connectivity index (χ1) is 13.9. The topological polar surface area (TPSA) is 51.2 Å². The van der Waals surface area contributed by atoms with Crippen molar-refractivity contribution in [3.63, 3.8) is 0 Å². The van der Waals surface area contributed by atoms with Crippen LogP contribution in [0.1, 0.15) is 25.0 Å². The number of ether oxygens (including phenoxy) is 3. The zero-order valence-electron chi connectivity index (χ0n) is 17.7. The normalized spacial score (nSPS) is 12.4. The molecule has 0 amide bonds. The van der Waals surface area contributed by atoms with Crippen molar-refractivity contribution in [2.24, 2.45) is 5.92 Å². The first-order valence-electron chi connectivity index (χ1n) is 9.84. The summed E-state index contributed by atoms with van der Waals surface area (Å²) < 4.78 is 29.5. The third-order valence-electron chi connectivity index (χ3n) is 4.40. The molecule has 6 heteroatoms. The Hall–Kier alpha value is -2.15. The van der Waals surface area contributed by atoms with Crippen LogP contribution < -0.4 is 9.47 Å². The summed E-state index contributed by atoms with van der Waals surface area (Å²) >= 11 is 0. The Bertz CT molecular complexity index is 736. The average molecular weight is 406 g/mol. The molecule has 1 atom stereocenters. The molecule has 160 valence electrons. The molecule has 0 spiro atoms. The van der Waals surface area contributed by atoms with Crippen LogP contribution in [0.2, 0.25) is 0 Å². The van der Waals surface area contributed by atoms with Gasteiger partial charge in [-0.05, 0) is 41.3 Å². The van der Waals surface area contributed by atoms with Crippen molar-refractivity contribution in [1.82, 2.24) is 4.90 Å². The van der Waals surface area contributed by atoms with Gasteiger partial charge >= 0.3 is 0 Å². The molecule has 0 unspecified atom stereocenters. The van der Waals surface area contributed by atoms with Crippen LogP contribution >= 0.6 is 0 Å². The fraction of sp³-hybridized carbons (Fsp3) is 0.478. The van der Waals surface area contributed by atoms with Crippen LogP contribution in [0, 0.1) is 11.7 Å². The summed E-state index contributed by atoms with van der Waals surface area (Å²) in [4.78, 5) is 2.11.